The lowest BCUT2D eigenvalue weighted by molar-refractivity contribution is -0.124. The van der Waals surface area contributed by atoms with E-state index in [0.717, 1.165) is 12.0 Å². The average Bonchev–Trinajstić information content (AvgIpc) is 2.17. The van der Waals surface area contributed by atoms with Crippen molar-refractivity contribution in [3.05, 3.63) is 35.4 Å². The van der Waals surface area contributed by atoms with Gasteiger partial charge in [0.05, 0.1) is 6.42 Å². The Kier molecular flexibility index (Phi) is 4.31. The molecule has 0 fully saturated rings. The number of hydrazine groups is 1. The molecular weight excluding hydrogens is 188 g/mol. The number of carbonyl (C=O) groups is 1. The highest BCUT2D eigenvalue weighted by atomic mass is 16.2. The molecule has 3 nitrogen and oxygen atoms in total. The van der Waals surface area contributed by atoms with Crippen LogP contribution in [0.15, 0.2) is 24.3 Å². The first kappa shape index (κ1) is 11.7. The summed E-state index contributed by atoms with van der Waals surface area (Å²) in [6, 6.07) is 8.15. The van der Waals surface area contributed by atoms with Crippen molar-refractivity contribution in [1.82, 2.24) is 10.4 Å². The summed E-state index contributed by atoms with van der Waals surface area (Å²) in [5.74, 6) is 0.0178. The Morgan fingerprint density at radius 2 is 1.73 bits per heavy atom. The summed E-state index contributed by atoms with van der Waals surface area (Å²) >= 11 is 0. The van der Waals surface area contributed by atoms with Gasteiger partial charge in [-0.15, -0.1) is 0 Å². The van der Waals surface area contributed by atoms with Crippen molar-refractivity contribution >= 4 is 5.91 Å². The molecule has 1 rings (SSSR count). The van der Waals surface area contributed by atoms with Crippen molar-refractivity contribution in [2.24, 2.45) is 0 Å². The third kappa shape index (κ3) is 4.13. The van der Waals surface area contributed by atoms with E-state index in [0.29, 0.717) is 6.42 Å². The van der Waals surface area contributed by atoms with Crippen molar-refractivity contribution in [3.63, 3.8) is 0 Å². The van der Waals surface area contributed by atoms with Gasteiger partial charge in [-0.1, -0.05) is 31.2 Å². The smallest absolute Gasteiger partial charge is 0.238 e. The van der Waals surface area contributed by atoms with Crippen LogP contribution in [0.25, 0.3) is 0 Å². The molecule has 0 aliphatic rings. The highest BCUT2D eigenvalue weighted by Gasteiger charge is 2.03. The Balaban J connectivity index is 2.53. The minimum Gasteiger partial charge on any atom is -0.289 e. The van der Waals surface area contributed by atoms with Gasteiger partial charge in [-0.3, -0.25) is 10.2 Å². The first-order valence-corrected chi connectivity index (χ1v) is 5.16. The van der Waals surface area contributed by atoms with Gasteiger partial charge in [-0.2, -0.15) is 0 Å². The van der Waals surface area contributed by atoms with Crippen LogP contribution in [0.1, 0.15) is 18.1 Å². The van der Waals surface area contributed by atoms with E-state index in [9.17, 15) is 4.79 Å². The number of rotatable bonds is 4. The number of hydrogen-bond donors (Lipinski definition) is 1. The van der Waals surface area contributed by atoms with Crippen LogP contribution in [0.4, 0.5) is 0 Å². The molecule has 1 aromatic carbocycles. The van der Waals surface area contributed by atoms with E-state index in [4.69, 9.17) is 0 Å². The van der Waals surface area contributed by atoms with Crippen molar-refractivity contribution in [3.8, 4) is 0 Å². The van der Waals surface area contributed by atoms with Gasteiger partial charge < -0.3 is 0 Å². The van der Waals surface area contributed by atoms with E-state index >= 15 is 0 Å². The van der Waals surface area contributed by atoms with Crippen LogP contribution < -0.4 is 5.43 Å². The fraction of sp³-hybridized carbons (Fsp3) is 0.417. The van der Waals surface area contributed by atoms with Gasteiger partial charge >= 0.3 is 0 Å². The van der Waals surface area contributed by atoms with E-state index in [1.165, 1.54) is 5.56 Å². The molecule has 1 N–H and O–H groups in total. The predicted molar refractivity (Wildman–Crippen MR) is 61.4 cm³/mol. The summed E-state index contributed by atoms with van der Waals surface area (Å²) in [7, 11) is 3.61. The summed E-state index contributed by atoms with van der Waals surface area (Å²) in [5.41, 5.74) is 5.06. The third-order valence-corrected chi connectivity index (χ3v) is 2.14. The largest absolute Gasteiger partial charge is 0.289 e. The van der Waals surface area contributed by atoms with E-state index in [1.54, 1.807) is 19.1 Å². The monoisotopic (exact) mass is 206 g/mol. The molecule has 3 heteroatoms. The minimum atomic E-state index is 0.0178. The molecule has 15 heavy (non-hydrogen) atoms. The number of nitrogens with one attached hydrogen (secondary N) is 1. The maximum Gasteiger partial charge on any atom is 0.238 e. The van der Waals surface area contributed by atoms with E-state index in [2.05, 4.69) is 24.5 Å². The van der Waals surface area contributed by atoms with Crippen molar-refractivity contribution in [1.29, 1.82) is 0 Å². The second-order valence-electron chi connectivity index (χ2n) is 3.78. The third-order valence-electron chi connectivity index (χ3n) is 2.14. The number of benzene rings is 1. The van der Waals surface area contributed by atoms with Gasteiger partial charge in [0.15, 0.2) is 0 Å². The summed E-state index contributed by atoms with van der Waals surface area (Å²) in [4.78, 5) is 11.4. The maximum atomic E-state index is 11.4. The lowest BCUT2D eigenvalue weighted by Crippen LogP contribution is -2.37. The first-order chi connectivity index (χ1) is 7.11. The molecule has 0 radical (unpaired) electrons. The molecule has 0 aliphatic heterocycles. The van der Waals surface area contributed by atoms with Gasteiger partial charge in [0.25, 0.3) is 0 Å². The molecule has 0 aromatic heterocycles. The van der Waals surface area contributed by atoms with Crippen molar-refractivity contribution in [2.45, 2.75) is 19.8 Å². The van der Waals surface area contributed by atoms with Gasteiger partial charge in [-0.25, -0.2) is 5.01 Å². The van der Waals surface area contributed by atoms with Crippen LogP contribution in [0.2, 0.25) is 0 Å². The molecule has 0 bridgehead atoms. The molecule has 1 amide bonds. The van der Waals surface area contributed by atoms with Gasteiger partial charge in [0.1, 0.15) is 0 Å². The number of aryl methyl sites for hydroxylation is 1. The van der Waals surface area contributed by atoms with E-state index < -0.39 is 0 Å². The molecule has 0 unspecified atom stereocenters. The standard InChI is InChI=1S/C12H18N2O/c1-4-10-5-7-11(8-6-10)9-12(15)13-14(2)3/h5-8H,4,9H2,1-3H3,(H,13,15). The zero-order chi connectivity index (χ0) is 11.3. The first-order valence-electron chi connectivity index (χ1n) is 5.16. The maximum absolute atomic E-state index is 11.4. The average molecular weight is 206 g/mol. The van der Waals surface area contributed by atoms with Crippen LogP contribution in [0.5, 0.6) is 0 Å². The van der Waals surface area contributed by atoms with Crippen LogP contribution in [-0.2, 0) is 17.6 Å². The minimum absolute atomic E-state index is 0.0178. The van der Waals surface area contributed by atoms with Crippen molar-refractivity contribution in [2.75, 3.05) is 14.1 Å². The number of hydrogen-bond acceptors (Lipinski definition) is 2. The quantitative estimate of drug-likeness (QED) is 0.755. The Bertz CT molecular complexity index is 317. The predicted octanol–water partition coefficient (Wildman–Crippen LogP) is 1.38. The van der Waals surface area contributed by atoms with Crippen LogP contribution in [-0.4, -0.2) is 25.0 Å². The molecule has 0 spiro atoms. The molecule has 0 saturated carbocycles. The van der Waals surface area contributed by atoms with Crippen LogP contribution >= 0.6 is 0 Å². The molecular formula is C12H18N2O. The molecule has 0 atom stereocenters. The van der Waals surface area contributed by atoms with Crippen LogP contribution in [0.3, 0.4) is 0 Å². The highest BCUT2D eigenvalue weighted by molar-refractivity contribution is 5.78. The second kappa shape index (κ2) is 5.51. The summed E-state index contributed by atoms with van der Waals surface area (Å²) in [6.45, 7) is 2.12. The topological polar surface area (TPSA) is 32.3 Å². The normalized spacial score (nSPS) is 10.4. The Morgan fingerprint density at radius 3 is 2.20 bits per heavy atom. The summed E-state index contributed by atoms with van der Waals surface area (Å²) in [5, 5.41) is 1.66. The molecule has 0 heterocycles. The molecule has 0 aliphatic carbocycles. The second-order valence-corrected chi connectivity index (χ2v) is 3.78. The van der Waals surface area contributed by atoms with Crippen molar-refractivity contribution < 1.29 is 4.79 Å². The molecule has 0 saturated heterocycles. The zero-order valence-electron chi connectivity index (χ0n) is 9.58. The lowest BCUT2D eigenvalue weighted by Gasteiger charge is -2.11. The number of amides is 1. The summed E-state index contributed by atoms with van der Waals surface area (Å²) in [6.07, 6.45) is 1.46. The van der Waals surface area contributed by atoms with E-state index in [-0.39, 0.29) is 5.91 Å². The van der Waals surface area contributed by atoms with Gasteiger partial charge in [0.2, 0.25) is 5.91 Å². The Morgan fingerprint density at radius 1 is 1.20 bits per heavy atom. The Hall–Kier alpha value is -1.35. The fourth-order valence-corrected chi connectivity index (χ4v) is 1.37. The summed E-state index contributed by atoms with van der Waals surface area (Å²) < 4.78 is 0. The molecule has 82 valence electrons. The zero-order valence-corrected chi connectivity index (χ0v) is 9.58. The lowest BCUT2D eigenvalue weighted by atomic mass is 10.1. The number of nitrogens with zero attached hydrogens (tertiary/aromatic N) is 1. The van der Waals surface area contributed by atoms with Crippen LogP contribution in [0, 0.1) is 0 Å². The Labute approximate surface area is 91.1 Å². The number of carbonyl (C=O) groups excluding carboxylic acids is 1. The highest BCUT2D eigenvalue weighted by Crippen LogP contribution is 2.05. The van der Waals surface area contributed by atoms with E-state index in [1.807, 2.05) is 12.1 Å². The molecule has 1 aromatic rings. The van der Waals surface area contributed by atoms with Gasteiger partial charge in [0, 0.05) is 14.1 Å². The fourth-order valence-electron chi connectivity index (χ4n) is 1.37. The van der Waals surface area contributed by atoms with Gasteiger partial charge in [-0.05, 0) is 17.5 Å². The SMILES string of the molecule is CCc1ccc(CC(=O)NN(C)C)cc1.